The Morgan fingerprint density at radius 2 is 1.54 bits per heavy atom. The quantitative estimate of drug-likeness (QED) is 0.558. The predicted molar refractivity (Wildman–Crippen MR) is 44.7 cm³/mol. The molecule has 1 saturated heterocycles. The lowest BCUT2D eigenvalue weighted by atomic mass is 10.2. The monoisotopic (exact) mass is 263 g/mol. The minimum atomic E-state index is -3.86. The number of alkyl halides is 5. The second-order valence-electron chi connectivity index (χ2n) is 3.16. The summed E-state index contributed by atoms with van der Waals surface area (Å²) >= 11 is 3.11. The largest absolute Gasteiger partial charge is 0.323 e. The van der Waals surface area contributed by atoms with E-state index >= 15 is 0 Å². The Balaban J connectivity index is 2.50. The van der Waals surface area contributed by atoms with Crippen molar-refractivity contribution in [1.82, 2.24) is 4.90 Å². The Hall–Kier alpha value is 0.160. The molecular weight excluding hydrogens is 254 g/mol. The van der Waals surface area contributed by atoms with Gasteiger partial charge in [0.2, 0.25) is 0 Å². The molecule has 0 N–H and O–H groups in total. The van der Waals surface area contributed by atoms with Gasteiger partial charge in [-0.05, 0) is 13.0 Å². The molecule has 13 heavy (non-hydrogen) atoms. The third-order valence-corrected chi connectivity index (χ3v) is 2.55. The summed E-state index contributed by atoms with van der Waals surface area (Å²) in [6.45, 7) is -1.36. The lowest BCUT2D eigenvalue weighted by Gasteiger charge is -2.15. The van der Waals surface area contributed by atoms with Crippen molar-refractivity contribution in [1.29, 1.82) is 0 Å². The molecule has 0 atom stereocenters. The number of hydrogen-bond donors (Lipinski definition) is 0. The summed E-state index contributed by atoms with van der Waals surface area (Å²) in [4.78, 5) is 1.10. The Morgan fingerprint density at radius 1 is 1.08 bits per heavy atom. The van der Waals surface area contributed by atoms with Gasteiger partial charge in [0.1, 0.15) is 0 Å². The molecule has 1 fully saturated rings. The van der Waals surface area contributed by atoms with Crippen molar-refractivity contribution < 1.29 is 17.6 Å². The molecule has 0 radical (unpaired) electrons. The molecule has 6 heteroatoms. The third-order valence-electron chi connectivity index (χ3n) is 1.99. The van der Waals surface area contributed by atoms with E-state index in [9.17, 15) is 17.6 Å². The van der Waals surface area contributed by atoms with Crippen molar-refractivity contribution in [2.45, 2.75) is 18.3 Å². The second-order valence-corrected chi connectivity index (χ2v) is 3.96. The fourth-order valence-corrected chi connectivity index (χ4v) is 1.54. The Morgan fingerprint density at radius 3 is 1.92 bits per heavy atom. The standard InChI is InChI=1S/C7H10BrF4N/c8-2-1-3-13-4-6(9,10)7(11,12)5-13/h1-5H2. The van der Waals surface area contributed by atoms with E-state index in [2.05, 4.69) is 15.9 Å². The van der Waals surface area contributed by atoms with Crippen molar-refractivity contribution >= 4 is 15.9 Å². The molecule has 0 aromatic rings. The van der Waals surface area contributed by atoms with Crippen LogP contribution in [0.5, 0.6) is 0 Å². The van der Waals surface area contributed by atoms with Crippen LogP contribution >= 0.6 is 15.9 Å². The highest BCUT2D eigenvalue weighted by atomic mass is 79.9. The number of rotatable bonds is 3. The fraction of sp³-hybridized carbons (Fsp3) is 1.00. The molecule has 0 aromatic heterocycles. The molecule has 1 aliphatic rings. The van der Waals surface area contributed by atoms with Crippen molar-refractivity contribution in [3.05, 3.63) is 0 Å². The highest BCUT2D eigenvalue weighted by Gasteiger charge is 2.62. The average Bonchev–Trinajstić information content (AvgIpc) is 2.17. The van der Waals surface area contributed by atoms with Crippen LogP contribution < -0.4 is 0 Å². The van der Waals surface area contributed by atoms with E-state index in [1.165, 1.54) is 0 Å². The van der Waals surface area contributed by atoms with E-state index in [1.807, 2.05) is 0 Å². The van der Waals surface area contributed by atoms with Gasteiger partial charge < -0.3 is 0 Å². The third kappa shape index (κ3) is 2.34. The maximum atomic E-state index is 12.6. The first kappa shape index (κ1) is 11.2. The molecular formula is C7H10BrF4N. The summed E-state index contributed by atoms with van der Waals surface area (Å²) in [6, 6.07) is 0. The zero-order chi connectivity index (χ0) is 10.1. The number of nitrogens with zero attached hydrogens (tertiary/aromatic N) is 1. The number of hydrogen-bond acceptors (Lipinski definition) is 1. The van der Waals surface area contributed by atoms with Crippen LogP contribution in [0, 0.1) is 0 Å². The van der Waals surface area contributed by atoms with Gasteiger partial charge in [0.25, 0.3) is 0 Å². The zero-order valence-electron chi connectivity index (χ0n) is 6.87. The highest BCUT2D eigenvalue weighted by Crippen LogP contribution is 2.40. The summed E-state index contributed by atoms with van der Waals surface area (Å²) in [7, 11) is 0. The van der Waals surface area contributed by atoms with E-state index in [1.54, 1.807) is 0 Å². The Bertz CT molecular complexity index is 169. The van der Waals surface area contributed by atoms with E-state index < -0.39 is 24.9 Å². The molecule has 78 valence electrons. The minimum Gasteiger partial charge on any atom is -0.291 e. The lowest BCUT2D eigenvalue weighted by Crippen LogP contribution is -2.38. The van der Waals surface area contributed by atoms with E-state index in [0.29, 0.717) is 11.8 Å². The Labute approximate surface area is 82.2 Å². The van der Waals surface area contributed by atoms with Crippen LogP contribution in [-0.2, 0) is 0 Å². The first-order chi connectivity index (χ1) is 5.89. The highest BCUT2D eigenvalue weighted by molar-refractivity contribution is 9.09. The van der Waals surface area contributed by atoms with Crippen LogP contribution in [0.2, 0.25) is 0 Å². The van der Waals surface area contributed by atoms with Gasteiger partial charge in [-0.2, -0.15) is 17.6 Å². The van der Waals surface area contributed by atoms with E-state index in [4.69, 9.17) is 0 Å². The predicted octanol–water partition coefficient (Wildman–Crippen LogP) is 2.36. The van der Waals surface area contributed by atoms with Crippen LogP contribution in [0.15, 0.2) is 0 Å². The summed E-state index contributed by atoms with van der Waals surface area (Å²) in [5.41, 5.74) is 0. The summed E-state index contributed by atoms with van der Waals surface area (Å²) in [5, 5.41) is 0.640. The van der Waals surface area contributed by atoms with Crippen LogP contribution in [0.1, 0.15) is 6.42 Å². The molecule has 0 bridgehead atoms. The molecule has 0 aromatic carbocycles. The smallest absolute Gasteiger partial charge is 0.291 e. The van der Waals surface area contributed by atoms with E-state index in [-0.39, 0.29) is 6.54 Å². The molecule has 0 saturated carbocycles. The van der Waals surface area contributed by atoms with Crippen LogP contribution in [-0.4, -0.2) is 41.7 Å². The second kappa shape index (κ2) is 3.73. The summed E-state index contributed by atoms with van der Waals surface area (Å²) < 4.78 is 50.4. The van der Waals surface area contributed by atoms with Gasteiger partial charge in [0, 0.05) is 5.33 Å². The topological polar surface area (TPSA) is 3.24 Å². The van der Waals surface area contributed by atoms with Gasteiger partial charge in [-0.15, -0.1) is 0 Å². The summed E-state index contributed by atoms with van der Waals surface area (Å²) in [5.74, 6) is -7.72. The molecule has 1 aliphatic heterocycles. The van der Waals surface area contributed by atoms with Crippen LogP contribution in [0.3, 0.4) is 0 Å². The van der Waals surface area contributed by atoms with Gasteiger partial charge in [-0.1, -0.05) is 15.9 Å². The first-order valence-electron chi connectivity index (χ1n) is 3.93. The maximum Gasteiger partial charge on any atom is 0.323 e. The lowest BCUT2D eigenvalue weighted by molar-refractivity contribution is -0.172. The van der Waals surface area contributed by atoms with E-state index in [0.717, 1.165) is 4.90 Å². The molecule has 1 nitrogen and oxygen atoms in total. The molecule has 0 amide bonds. The van der Waals surface area contributed by atoms with Crippen molar-refractivity contribution in [3.63, 3.8) is 0 Å². The maximum absolute atomic E-state index is 12.6. The van der Waals surface area contributed by atoms with Crippen molar-refractivity contribution in [3.8, 4) is 0 Å². The number of likely N-dealkylation sites (tertiary alicyclic amines) is 1. The SMILES string of the molecule is FC1(F)CN(CCCBr)CC1(F)F. The first-order valence-corrected chi connectivity index (χ1v) is 5.05. The van der Waals surface area contributed by atoms with Crippen molar-refractivity contribution in [2.24, 2.45) is 0 Å². The van der Waals surface area contributed by atoms with Gasteiger partial charge in [0.15, 0.2) is 0 Å². The van der Waals surface area contributed by atoms with Crippen LogP contribution in [0.25, 0.3) is 0 Å². The number of halogens is 5. The molecule has 0 unspecified atom stereocenters. The molecule has 1 rings (SSSR count). The van der Waals surface area contributed by atoms with Crippen LogP contribution in [0.4, 0.5) is 17.6 Å². The minimum absolute atomic E-state index is 0.288. The normalized spacial score (nSPS) is 26.5. The molecule has 0 aliphatic carbocycles. The molecule has 1 heterocycles. The zero-order valence-corrected chi connectivity index (χ0v) is 8.46. The van der Waals surface area contributed by atoms with Gasteiger partial charge in [-0.3, -0.25) is 4.90 Å². The summed E-state index contributed by atoms with van der Waals surface area (Å²) in [6.07, 6.45) is 0.603. The fourth-order valence-electron chi connectivity index (χ4n) is 1.29. The van der Waals surface area contributed by atoms with Crippen molar-refractivity contribution in [2.75, 3.05) is 25.0 Å². The average molecular weight is 264 g/mol. The molecule has 0 spiro atoms. The van der Waals surface area contributed by atoms with Gasteiger partial charge >= 0.3 is 11.8 Å². The Kier molecular flexibility index (Phi) is 3.22. The van der Waals surface area contributed by atoms with Gasteiger partial charge in [0.05, 0.1) is 13.1 Å². The van der Waals surface area contributed by atoms with Gasteiger partial charge in [-0.25, -0.2) is 0 Å².